The fraction of sp³-hybridized carbons (Fsp3) is 0.600. The van der Waals surface area contributed by atoms with Gasteiger partial charge in [0.2, 0.25) is 5.91 Å². The third kappa shape index (κ3) is 10.7. The van der Waals surface area contributed by atoms with Crippen LogP contribution in [0.25, 0.3) is 0 Å². The van der Waals surface area contributed by atoms with Crippen LogP contribution in [0.5, 0.6) is 0 Å². The molecule has 0 aromatic carbocycles. The average Bonchev–Trinajstić information content (AvgIpc) is 2.75. The number of aromatic nitrogens is 1. The minimum Gasteiger partial charge on any atom is -0.480 e. The molecule has 180 valence electrons. The first-order valence-corrected chi connectivity index (χ1v) is 12.7. The van der Waals surface area contributed by atoms with Crippen LogP contribution < -0.4 is 16.0 Å². The minimum atomic E-state index is -2.76. The van der Waals surface area contributed by atoms with Crippen molar-refractivity contribution in [3.8, 4) is 0 Å². The highest BCUT2D eigenvalue weighted by atomic mass is 28.4. The highest BCUT2D eigenvalue weighted by molar-refractivity contribution is 6.60. The summed E-state index contributed by atoms with van der Waals surface area (Å²) in [6.07, 6.45) is 3.52. The number of hydrogen-bond acceptors (Lipinski definition) is 7. The summed E-state index contributed by atoms with van der Waals surface area (Å²) < 4.78 is 17.3. The summed E-state index contributed by atoms with van der Waals surface area (Å²) in [6, 6.07) is 1.84. The molecule has 12 heteroatoms. The zero-order valence-electron chi connectivity index (χ0n) is 18.9. The van der Waals surface area contributed by atoms with Gasteiger partial charge >= 0.3 is 20.8 Å². The van der Waals surface area contributed by atoms with Gasteiger partial charge in [0.1, 0.15) is 6.04 Å². The molecule has 0 aliphatic rings. The number of aliphatic carboxylic acids is 1. The first-order chi connectivity index (χ1) is 15.4. The second-order valence-corrected chi connectivity index (χ2v) is 9.43. The number of hydrogen-bond donors (Lipinski definition) is 4. The summed E-state index contributed by atoms with van der Waals surface area (Å²) in [5.74, 6) is -1.52. The van der Waals surface area contributed by atoms with Gasteiger partial charge in [0.25, 0.3) is 0 Å². The normalized spacial score (nSPS) is 12.1. The Morgan fingerprint density at radius 1 is 1.06 bits per heavy atom. The number of anilines is 1. The molecule has 1 unspecified atom stereocenters. The van der Waals surface area contributed by atoms with Gasteiger partial charge in [-0.2, -0.15) is 0 Å². The van der Waals surface area contributed by atoms with Crippen LogP contribution in [0.1, 0.15) is 40.0 Å². The third-order valence-electron chi connectivity index (χ3n) is 4.28. The van der Waals surface area contributed by atoms with Crippen LogP contribution in [-0.2, 0) is 22.9 Å². The fourth-order valence-corrected chi connectivity index (χ4v) is 5.53. The van der Waals surface area contributed by atoms with Gasteiger partial charge in [-0.15, -0.1) is 0 Å². The zero-order valence-corrected chi connectivity index (χ0v) is 19.9. The Hall–Kier alpha value is -2.54. The average molecular weight is 471 g/mol. The molecule has 0 aliphatic carbocycles. The lowest BCUT2D eigenvalue weighted by atomic mass is 10.1. The number of nitrogens with one attached hydrogen (secondary N) is 3. The van der Waals surface area contributed by atoms with Crippen LogP contribution in [0.3, 0.4) is 0 Å². The lowest BCUT2D eigenvalue weighted by Gasteiger charge is -2.28. The van der Waals surface area contributed by atoms with Gasteiger partial charge in [0.05, 0.1) is 0 Å². The van der Waals surface area contributed by atoms with Gasteiger partial charge in [-0.3, -0.25) is 9.78 Å². The molecular weight excluding hydrogens is 436 g/mol. The van der Waals surface area contributed by atoms with Gasteiger partial charge < -0.3 is 34.3 Å². The van der Waals surface area contributed by atoms with Crippen molar-refractivity contribution in [1.82, 2.24) is 15.6 Å². The van der Waals surface area contributed by atoms with E-state index in [0.717, 1.165) is 0 Å². The summed E-state index contributed by atoms with van der Waals surface area (Å²) in [5, 5.41) is 17.0. The molecule has 32 heavy (non-hydrogen) atoms. The number of carbonyl (C=O) groups is 3. The Balaban J connectivity index is 2.41. The minimum absolute atomic E-state index is 0.0412. The van der Waals surface area contributed by atoms with Gasteiger partial charge in [-0.25, -0.2) is 9.59 Å². The standard InChI is InChI=1S/C20H34N4O7Si/c1-4-29-32(30-5-2,31-6-3)15-7-12-22-18(25)9-8-17(19(26)27)24-20(28)23-16-10-13-21-14-11-16/h10-11,13-14,17H,4-9,12,15H2,1-3H3,(H,22,25)(H,26,27)(H2,21,23,24,28). The van der Waals surface area contributed by atoms with E-state index in [0.29, 0.717) is 44.5 Å². The van der Waals surface area contributed by atoms with Crippen molar-refractivity contribution in [2.75, 3.05) is 31.7 Å². The van der Waals surface area contributed by atoms with Crippen molar-refractivity contribution in [1.29, 1.82) is 0 Å². The van der Waals surface area contributed by atoms with Crippen molar-refractivity contribution in [2.24, 2.45) is 0 Å². The zero-order chi connectivity index (χ0) is 23.8. The van der Waals surface area contributed by atoms with Crippen LogP contribution in [0.15, 0.2) is 24.5 Å². The first kappa shape index (κ1) is 27.5. The largest absolute Gasteiger partial charge is 0.500 e. The highest BCUT2D eigenvalue weighted by Gasteiger charge is 2.39. The Morgan fingerprint density at radius 3 is 2.19 bits per heavy atom. The molecule has 1 heterocycles. The number of carbonyl (C=O) groups excluding carboxylic acids is 2. The maximum absolute atomic E-state index is 12.1. The van der Waals surface area contributed by atoms with Crippen LogP contribution in [0, 0.1) is 0 Å². The van der Waals surface area contributed by atoms with Crippen molar-refractivity contribution >= 4 is 32.4 Å². The third-order valence-corrected chi connectivity index (χ3v) is 7.43. The predicted molar refractivity (Wildman–Crippen MR) is 120 cm³/mol. The number of pyridine rings is 1. The van der Waals surface area contributed by atoms with Gasteiger partial charge in [0, 0.05) is 56.9 Å². The van der Waals surface area contributed by atoms with E-state index in [1.54, 1.807) is 12.1 Å². The van der Waals surface area contributed by atoms with Gasteiger partial charge in [-0.05, 0) is 45.7 Å². The molecule has 1 atom stereocenters. The fourth-order valence-electron chi connectivity index (χ4n) is 2.92. The van der Waals surface area contributed by atoms with E-state index in [-0.39, 0.29) is 18.7 Å². The Morgan fingerprint density at radius 2 is 1.66 bits per heavy atom. The summed E-state index contributed by atoms with van der Waals surface area (Å²) in [5.41, 5.74) is 0.477. The van der Waals surface area contributed by atoms with Crippen molar-refractivity contribution < 1.29 is 32.8 Å². The van der Waals surface area contributed by atoms with E-state index in [2.05, 4.69) is 20.9 Å². The van der Waals surface area contributed by atoms with Crippen LogP contribution in [-0.4, -0.2) is 69.2 Å². The van der Waals surface area contributed by atoms with Crippen LogP contribution >= 0.6 is 0 Å². The molecule has 0 radical (unpaired) electrons. The highest BCUT2D eigenvalue weighted by Crippen LogP contribution is 2.17. The van der Waals surface area contributed by atoms with Crippen molar-refractivity contribution in [2.45, 2.75) is 52.1 Å². The van der Waals surface area contributed by atoms with Crippen molar-refractivity contribution in [3.63, 3.8) is 0 Å². The topological polar surface area (TPSA) is 148 Å². The van der Waals surface area contributed by atoms with E-state index in [1.807, 2.05) is 20.8 Å². The lowest BCUT2D eigenvalue weighted by Crippen LogP contribution is -2.46. The van der Waals surface area contributed by atoms with Crippen LogP contribution in [0.4, 0.5) is 10.5 Å². The smallest absolute Gasteiger partial charge is 0.480 e. The van der Waals surface area contributed by atoms with E-state index >= 15 is 0 Å². The number of amides is 3. The van der Waals surface area contributed by atoms with Gasteiger partial charge in [0.15, 0.2) is 0 Å². The molecule has 0 bridgehead atoms. The van der Waals surface area contributed by atoms with E-state index in [9.17, 15) is 19.5 Å². The number of rotatable bonds is 16. The number of urea groups is 1. The molecule has 0 saturated carbocycles. The Labute approximate surface area is 189 Å². The Bertz CT molecular complexity index is 691. The quantitative estimate of drug-likeness (QED) is 0.212. The maximum Gasteiger partial charge on any atom is 0.500 e. The monoisotopic (exact) mass is 470 g/mol. The number of carboxylic acid groups (broad SMARTS) is 1. The van der Waals surface area contributed by atoms with E-state index in [4.69, 9.17) is 13.3 Å². The second kappa shape index (κ2) is 15.3. The SMILES string of the molecule is CCO[Si](CCCNC(=O)CCC(NC(=O)Nc1ccncc1)C(=O)O)(OCC)OCC. The van der Waals surface area contributed by atoms with Crippen molar-refractivity contribution in [3.05, 3.63) is 24.5 Å². The predicted octanol–water partition coefficient (Wildman–Crippen LogP) is 1.99. The van der Waals surface area contributed by atoms with Crippen LogP contribution in [0.2, 0.25) is 6.04 Å². The molecule has 1 aromatic heterocycles. The summed E-state index contributed by atoms with van der Waals surface area (Å²) >= 11 is 0. The van der Waals surface area contributed by atoms with E-state index in [1.165, 1.54) is 12.4 Å². The molecule has 3 amide bonds. The number of carboxylic acids is 1. The molecule has 0 fully saturated rings. The molecule has 1 rings (SSSR count). The molecule has 0 spiro atoms. The maximum atomic E-state index is 12.1. The Kier molecular flexibility index (Phi) is 13.1. The molecule has 4 N–H and O–H groups in total. The molecule has 0 saturated heterocycles. The molecule has 1 aromatic rings. The lowest BCUT2D eigenvalue weighted by molar-refractivity contribution is -0.139. The molecule has 11 nitrogen and oxygen atoms in total. The first-order valence-electron chi connectivity index (χ1n) is 10.7. The second-order valence-electron chi connectivity index (χ2n) is 6.70. The summed E-state index contributed by atoms with van der Waals surface area (Å²) in [4.78, 5) is 39.4. The summed E-state index contributed by atoms with van der Waals surface area (Å²) in [6.45, 7) is 7.47. The molecular formula is C20H34N4O7Si. The number of nitrogens with zero attached hydrogens (tertiary/aromatic N) is 1. The van der Waals surface area contributed by atoms with E-state index < -0.39 is 26.8 Å². The molecule has 0 aliphatic heterocycles. The van der Waals surface area contributed by atoms with Gasteiger partial charge in [-0.1, -0.05) is 0 Å². The summed E-state index contributed by atoms with van der Waals surface area (Å²) in [7, 11) is -2.76.